The summed E-state index contributed by atoms with van der Waals surface area (Å²) in [6, 6.07) is 9.07. The SMILES string of the molecule is Nc1cc2ccccc2c(=O)n1Cc1ncon1. The molecule has 18 heavy (non-hydrogen) atoms. The van der Waals surface area contributed by atoms with E-state index in [0.29, 0.717) is 17.0 Å². The molecule has 0 bridgehead atoms. The standard InChI is InChI=1S/C12H10N4O2/c13-10-5-8-3-1-2-4-9(8)12(17)16(10)6-11-14-7-18-15-11/h1-5,7H,6,13H2. The maximum Gasteiger partial charge on any atom is 0.260 e. The van der Waals surface area contributed by atoms with E-state index in [9.17, 15) is 4.79 Å². The minimum absolute atomic E-state index is 0.157. The molecule has 0 aliphatic carbocycles. The molecule has 2 N–H and O–H groups in total. The van der Waals surface area contributed by atoms with Crippen molar-refractivity contribution in [3.05, 3.63) is 52.9 Å². The largest absolute Gasteiger partial charge is 0.385 e. The molecule has 90 valence electrons. The van der Waals surface area contributed by atoms with Crippen molar-refractivity contribution < 1.29 is 4.52 Å². The second kappa shape index (κ2) is 3.99. The molecule has 6 heteroatoms. The molecule has 0 unspecified atom stereocenters. The predicted molar refractivity (Wildman–Crippen MR) is 66.0 cm³/mol. The number of nitrogens with two attached hydrogens (primary N) is 1. The van der Waals surface area contributed by atoms with E-state index in [1.54, 1.807) is 12.1 Å². The van der Waals surface area contributed by atoms with Crippen molar-refractivity contribution in [1.82, 2.24) is 14.7 Å². The quantitative estimate of drug-likeness (QED) is 0.724. The molecule has 0 aliphatic rings. The smallest absolute Gasteiger partial charge is 0.260 e. The van der Waals surface area contributed by atoms with Gasteiger partial charge in [-0.25, -0.2) is 0 Å². The van der Waals surface area contributed by atoms with Crippen molar-refractivity contribution in [2.45, 2.75) is 6.54 Å². The number of aromatic nitrogens is 3. The third-order valence-electron chi connectivity index (χ3n) is 2.76. The van der Waals surface area contributed by atoms with Gasteiger partial charge < -0.3 is 10.3 Å². The Balaban J connectivity index is 2.20. The summed E-state index contributed by atoms with van der Waals surface area (Å²) in [5.41, 5.74) is 5.72. The molecule has 0 fully saturated rings. The number of nitrogens with zero attached hydrogens (tertiary/aromatic N) is 3. The van der Waals surface area contributed by atoms with Gasteiger partial charge in [0.2, 0.25) is 6.39 Å². The summed E-state index contributed by atoms with van der Waals surface area (Å²) in [5, 5.41) is 5.12. The number of hydrogen-bond donors (Lipinski definition) is 1. The van der Waals surface area contributed by atoms with Crippen molar-refractivity contribution in [3.63, 3.8) is 0 Å². The van der Waals surface area contributed by atoms with Gasteiger partial charge in [-0.05, 0) is 17.5 Å². The highest BCUT2D eigenvalue weighted by molar-refractivity contribution is 5.83. The van der Waals surface area contributed by atoms with Crippen LogP contribution in [0.2, 0.25) is 0 Å². The lowest BCUT2D eigenvalue weighted by molar-refractivity contribution is 0.408. The van der Waals surface area contributed by atoms with Crippen LogP contribution in [0, 0.1) is 0 Å². The van der Waals surface area contributed by atoms with Crippen molar-refractivity contribution in [3.8, 4) is 0 Å². The lowest BCUT2D eigenvalue weighted by Crippen LogP contribution is -2.24. The molecule has 2 aromatic heterocycles. The Bertz CT molecular complexity index is 746. The number of nitrogen functional groups attached to an aromatic ring is 1. The fourth-order valence-electron chi connectivity index (χ4n) is 1.88. The van der Waals surface area contributed by atoms with Crippen LogP contribution < -0.4 is 11.3 Å². The van der Waals surface area contributed by atoms with Crippen LogP contribution in [0.5, 0.6) is 0 Å². The minimum Gasteiger partial charge on any atom is -0.385 e. The second-order valence-electron chi connectivity index (χ2n) is 3.90. The first-order chi connectivity index (χ1) is 8.75. The molecule has 6 nitrogen and oxygen atoms in total. The van der Waals surface area contributed by atoms with Gasteiger partial charge in [-0.3, -0.25) is 9.36 Å². The number of hydrogen-bond acceptors (Lipinski definition) is 5. The monoisotopic (exact) mass is 242 g/mol. The van der Waals surface area contributed by atoms with E-state index in [2.05, 4.69) is 14.7 Å². The van der Waals surface area contributed by atoms with Crippen LogP contribution in [0.3, 0.4) is 0 Å². The molecule has 0 aliphatic heterocycles. The van der Waals surface area contributed by atoms with Crippen molar-refractivity contribution in [1.29, 1.82) is 0 Å². The number of pyridine rings is 1. The Hall–Kier alpha value is -2.63. The molecule has 0 atom stereocenters. The summed E-state index contributed by atoms with van der Waals surface area (Å²) >= 11 is 0. The van der Waals surface area contributed by atoms with Crippen LogP contribution in [-0.4, -0.2) is 14.7 Å². The molecule has 2 heterocycles. The van der Waals surface area contributed by atoms with Gasteiger partial charge in [0.05, 0.1) is 6.54 Å². The van der Waals surface area contributed by atoms with Crippen LogP contribution in [0.25, 0.3) is 10.8 Å². The van der Waals surface area contributed by atoms with Gasteiger partial charge in [0, 0.05) is 5.39 Å². The number of benzene rings is 1. The second-order valence-corrected chi connectivity index (χ2v) is 3.90. The number of rotatable bonds is 2. The normalized spacial score (nSPS) is 10.9. The summed E-state index contributed by atoms with van der Waals surface area (Å²) in [6.45, 7) is 0.200. The summed E-state index contributed by atoms with van der Waals surface area (Å²) < 4.78 is 6.06. The third-order valence-corrected chi connectivity index (χ3v) is 2.76. The fourth-order valence-corrected chi connectivity index (χ4v) is 1.88. The zero-order chi connectivity index (χ0) is 12.5. The van der Waals surface area contributed by atoms with Crippen molar-refractivity contribution >= 4 is 16.6 Å². The highest BCUT2D eigenvalue weighted by atomic mass is 16.5. The van der Waals surface area contributed by atoms with Gasteiger partial charge in [-0.2, -0.15) is 4.98 Å². The average molecular weight is 242 g/mol. The first-order valence-corrected chi connectivity index (χ1v) is 5.39. The van der Waals surface area contributed by atoms with Gasteiger partial charge in [-0.1, -0.05) is 23.4 Å². The Morgan fingerprint density at radius 2 is 2.17 bits per heavy atom. The number of anilines is 1. The number of fused-ring (bicyclic) bond motifs is 1. The Morgan fingerprint density at radius 3 is 2.94 bits per heavy atom. The van der Waals surface area contributed by atoms with E-state index in [-0.39, 0.29) is 12.1 Å². The zero-order valence-corrected chi connectivity index (χ0v) is 9.41. The molecular formula is C12H10N4O2. The first-order valence-electron chi connectivity index (χ1n) is 5.39. The van der Waals surface area contributed by atoms with E-state index < -0.39 is 0 Å². The van der Waals surface area contributed by atoms with Gasteiger partial charge in [0.1, 0.15) is 5.82 Å². The van der Waals surface area contributed by atoms with E-state index in [4.69, 9.17) is 5.73 Å². The summed E-state index contributed by atoms with van der Waals surface area (Å²) in [6.07, 6.45) is 1.22. The summed E-state index contributed by atoms with van der Waals surface area (Å²) in [4.78, 5) is 16.2. The Labute approximate surface area is 102 Å². The Morgan fingerprint density at radius 1 is 1.33 bits per heavy atom. The molecule has 0 spiro atoms. The van der Waals surface area contributed by atoms with Gasteiger partial charge in [-0.15, -0.1) is 0 Å². The minimum atomic E-state index is -0.157. The molecule has 3 aromatic rings. The van der Waals surface area contributed by atoms with Crippen LogP contribution in [0.15, 0.2) is 46.0 Å². The van der Waals surface area contributed by atoms with Crippen LogP contribution in [-0.2, 0) is 6.54 Å². The van der Waals surface area contributed by atoms with Crippen LogP contribution in [0.1, 0.15) is 5.82 Å². The van der Waals surface area contributed by atoms with E-state index in [1.165, 1.54) is 11.0 Å². The molecular weight excluding hydrogens is 232 g/mol. The Kier molecular flexibility index (Phi) is 2.33. The predicted octanol–water partition coefficient (Wildman–Crippen LogP) is 1.01. The average Bonchev–Trinajstić information content (AvgIpc) is 2.87. The van der Waals surface area contributed by atoms with Gasteiger partial charge >= 0.3 is 0 Å². The molecule has 0 saturated heterocycles. The zero-order valence-electron chi connectivity index (χ0n) is 9.41. The van der Waals surface area contributed by atoms with Crippen molar-refractivity contribution in [2.75, 3.05) is 5.73 Å². The summed E-state index contributed by atoms with van der Waals surface area (Å²) in [7, 11) is 0. The maximum absolute atomic E-state index is 12.3. The highest BCUT2D eigenvalue weighted by Crippen LogP contribution is 2.13. The molecule has 3 rings (SSSR count). The van der Waals surface area contributed by atoms with E-state index in [1.807, 2.05) is 18.2 Å². The van der Waals surface area contributed by atoms with Crippen LogP contribution in [0.4, 0.5) is 5.82 Å². The molecule has 1 aromatic carbocycles. The van der Waals surface area contributed by atoms with Crippen molar-refractivity contribution in [2.24, 2.45) is 0 Å². The lowest BCUT2D eigenvalue weighted by Gasteiger charge is -2.08. The lowest BCUT2D eigenvalue weighted by atomic mass is 10.1. The highest BCUT2D eigenvalue weighted by Gasteiger charge is 2.09. The molecule has 0 amide bonds. The molecule has 0 saturated carbocycles. The van der Waals surface area contributed by atoms with Crippen LogP contribution >= 0.6 is 0 Å². The van der Waals surface area contributed by atoms with E-state index >= 15 is 0 Å². The molecule has 0 radical (unpaired) electrons. The third kappa shape index (κ3) is 1.64. The summed E-state index contributed by atoms with van der Waals surface area (Å²) in [5.74, 6) is 0.794. The maximum atomic E-state index is 12.3. The van der Waals surface area contributed by atoms with Gasteiger partial charge in [0.15, 0.2) is 5.82 Å². The fraction of sp³-hybridized carbons (Fsp3) is 0.0833. The topological polar surface area (TPSA) is 86.9 Å². The van der Waals surface area contributed by atoms with Gasteiger partial charge in [0.25, 0.3) is 5.56 Å². The first kappa shape index (κ1) is 10.5. The van der Waals surface area contributed by atoms with E-state index in [0.717, 1.165) is 5.39 Å².